The summed E-state index contributed by atoms with van der Waals surface area (Å²) in [6.07, 6.45) is 13.7. The number of esters is 1. The van der Waals surface area contributed by atoms with Gasteiger partial charge in [0.2, 0.25) is 5.79 Å². The second kappa shape index (κ2) is 25.1. The lowest BCUT2D eigenvalue weighted by atomic mass is 9.99. The zero-order valence-electron chi connectivity index (χ0n) is 29.5. The van der Waals surface area contributed by atoms with E-state index in [2.05, 4.69) is 6.92 Å². The molecule has 0 amide bonds. The summed E-state index contributed by atoms with van der Waals surface area (Å²) in [7, 11) is 0. The highest BCUT2D eigenvalue weighted by molar-refractivity contribution is 5.69. The van der Waals surface area contributed by atoms with Gasteiger partial charge in [0, 0.05) is 6.42 Å². The number of rotatable bonds is 28. The summed E-state index contributed by atoms with van der Waals surface area (Å²) in [5.74, 6) is -2.83. The van der Waals surface area contributed by atoms with Crippen LogP contribution in [-0.4, -0.2) is 116 Å². The van der Waals surface area contributed by atoms with Crippen LogP contribution in [0.15, 0.2) is 0 Å². The van der Waals surface area contributed by atoms with Crippen LogP contribution in [0.4, 0.5) is 0 Å². The van der Waals surface area contributed by atoms with Gasteiger partial charge >= 0.3 is 5.97 Å². The molecule has 284 valence electrons. The average Bonchev–Trinajstić information content (AvgIpc) is 3.32. The number of hydrogen-bond acceptors (Lipinski definition) is 12. The minimum absolute atomic E-state index is 0.122. The molecule has 12 nitrogen and oxygen atoms in total. The van der Waals surface area contributed by atoms with E-state index >= 15 is 0 Å². The standard InChI is InChI=1S/C36H68O12/c1-2-3-4-5-6-7-8-9-10-11-12-13-14-15-16-17-18-19-20-21-22-23-29(39)45-26-36(34(44)31(41)28(25-38)47-36)48-35-33(43)32(42)30(40)27(24-37)46-35/h27-28,30-35,37-38,40-44H,2-26H2,1H3/t27-,28-,30-,31-,32+,33-,34+,35-,36+/m1/s1. The predicted molar refractivity (Wildman–Crippen MR) is 180 cm³/mol. The van der Waals surface area contributed by atoms with Crippen molar-refractivity contribution in [2.45, 2.75) is 203 Å². The second-order valence-corrected chi connectivity index (χ2v) is 13.9. The van der Waals surface area contributed by atoms with E-state index in [-0.39, 0.29) is 6.42 Å². The quantitative estimate of drug-likeness (QED) is 0.0464. The van der Waals surface area contributed by atoms with Crippen molar-refractivity contribution >= 4 is 5.97 Å². The molecule has 2 rings (SSSR count). The third kappa shape index (κ3) is 15.1. The molecule has 0 radical (unpaired) electrons. The van der Waals surface area contributed by atoms with Crippen molar-refractivity contribution in [1.82, 2.24) is 0 Å². The minimum atomic E-state index is -2.25. The van der Waals surface area contributed by atoms with Gasteiger partial charge in [-0.2, -0.15) is 0 Å². The van der Waals surface area contributed by atoms with Crippen LogP contribution in [0, 0.1) is 0 Å². The number of carbonyl (C=O) groups excluding carboxylic acids is 1. The fourth-order valence-corrected chi connectivity index (χ4v) is 6.57. The monoisotopic (exact) mass is 692 g/mol. The van der Waals surface area contributed by atoms with Gasteiger partial charge in [0.25, 0.3) is 0 Å². The van der Waals surface area contributed by atoms with Gasteiger partial charge in [0.05, 0.1) is 13.2 Å². The molecule has 0 aromatic rings. The zero-order chi connectivity index (χ0) is 35.2. The summed E-state index contributed by atoms with van der Waals surface area (Å²) >= 11 is 0. The molecular weight excluding hydrogens is 624 g/mol. The van der Waals surface area contributed by atoms with Gasteiger partial charge in [0.1, 0.15) is 49.3 Å². The first-order chi connectivity index (χ1) is 23.2. The van der Waals surface area contributed by atoms with Crippen LogP contribution in [0.5, 0.6) is 0 Å². The van der Waals surface area contributed by atoms with Gasteiger partial charge < -0.3 is 54.7 Å². The van der Waals surface area contributed by atoms with E-state index in [0.29, 0.717) is 6.42 Å². The molecule has 2 fully saturated rings. The summed E-state index contributed by atoms with van der Waals surface area (Å²) in [5.41, 5.74) is 0. The number of unbranched alkanes of at least 4 members (excludes halogenated alkanes) is 20. The Bertz CT molecular complexity index is 816. The highest BCUT2D eigenvalue weighted by Gasteiger charge is 2.59. The van der Waals surface area contributed by atoms with Gasteiger partial charge in [-0.3, -0.25) is 4.79 Å². The molecule has 0 aromatic carbocycles. The average molecular weight is 693 g/mol. The molecule has 0 spiro atoms. The van der Waals surface area contributed by atoms with Crippen LogP contribution in [0.2, 0.25) is 0 Å². The Morgan fingerprint density at radius 2 is 1.02 bits per heavy atom. The van der Waals surface area contributed by atoms with E-state index in [9.17, 15) is 40.5 Å². The summed E-state index contributed by atoms with van der Waals surface area (Å²) in [4.78, 5) is 12.5. The van der Waals surface area contributed by atoms with Crippen molar-refractivity contribution in [2.75, 3.05) is 19.8 Å². The van der Waals surface area contributed by atoms with Crippen molar-refractivity contribution in [3.63, 3.8) is 0 Å². The van der Waals surface area contributed by atoms with Crippen LogP contribution >= 0.6 is 0 Å². The third-order valence-electron chi connectivity index (χ3n) is 9.77. The number of carbonyl (C=O) groups is 1. The Kier molecular flexibility index (Phi) is 22.6. The van der Waals surface area contributed by atoms with Crippen LogP contribution in [0.3, 0.4) is 0 Å². The van der Waals surface area contributed by atoms with Crippen molar-refractivity contribution in [1.29, 1.82) is 0 Å². The summed E-state index contributed by atoms with van der Waals surface area (Å²) in [6, 6.07) is 0. The van der Waals surface area contributed by atoms with Crippen LogP contribution < -0.4 is 0 Å². The maximum absolute atomic E-state index is 12.5. The molecule has 0 bridgehead atoms. The van der Waals surface area contributed by atoms with Crippen LogP contribution in [0.1, 0.15) is 148 Å². The lowest BCUT2D eigenvalue weighted by Gasteiger charge is -2.43. The first kappa shape index (κ1) is 43.2. The van der Waals surface area contributed by atoms with E-state index in [1.807, 2.05) is 0 Å². The highest BCUT2D eigenvalue weighted by atomic mass is 16.8. The Hall–Kier alpha value is -0.930. The number of ether oxygens (including phenoxy) is 4. The SMILES string of the molecule is CCCCCCCCCCCCCCCCCCCCCCCC(=O)OC[C@@]1(O[C@H]2O[C@H](CO)[C@@H](O)[C@H](O)[C@H]2O)O[C@H](CO)[C@@H](O)[C@@H]1O. The van der Waals surface area contributed by atoms with Crippen molar-refractivity contribution in [3.05, 3.63) is 0 Å². The molecule has 0 unspecified atom stereocenters. The molecule has 2 aliphatic rings. The Labute approximate surface area is 288 Å². The second-order valence-electron chi connectivity index (χ2n) is 13.9. The molecule has 2 aliphatic heterocycles. The van der Waals surface area contributed by atoms with E-state index < -0.39 is 80.6 Å². The van der Waals surface area contributed by atoms with E-state index in [1.54, 1.807) is 0 Å². The van der Waals surface area contributed by atoms with Gasteiger partial charge in [-0.25, -0.2) is 0 Å². The molecule has 0 saturated carbocycles. The Morgan fingerprint density at radius 1 is 0.583 bits per heavy atom. The molecule has 2 heterocycles. The molecule has 2 saturated heterocycles. The largest absolute Gasteiger partial charge is 0.460 e. The van der Waals surface area contributed by atoms with E-state index in [1.165, 1.54) is 109 Å². The maximum Gasteiger partial charge on any atom is 0.305 e. The summed E-state index contributed by atoms with van der Waals surface area (Å²) < 4.78 is 21.9. The molecule has 48 heavy (non-hydrogen) atoms. The van der Waals surface area contributed by atoms with Crippen molar-refractivity contribution < 1.29 is 59.5 Å². The predicted octanol–water partition coefficient (Wildman–Crippen LogP) is 3.76. The zero-order valence-corrected chi connectivity index (χ0v) is 29.5. The van der Waals surface area contributed by atoms with Crippen LogP contribution in [0.25, 0.3) is 0 Å². The summed E-state index contributed by atoms with van der Waals surface area (Å²) in [5, 5.41) is 70.6. The molecule has 0 aromatic heterocycles. The van der Waals surface area contributed by atoms with Gasteiger partial charge in [-0.15, -0.1) is 0 Å². The van der Waals surface area contributed by atoms with Gasteiger partial charge in [0.15, 0.2) is 6.29 Å². The smallest absolute Gasteiger partial charge is 0.305 e. The normalized spacial score (nSPS) is 30.6. The molecule has 0 aliphatic carbocycles. The summed E-state index contributed by atoms with van der Waals surface area (Å²) in [6.45, 7) is 0.167. The Balaban J connectivity index is 1.54. The maximum atomic E-state index is 12.5. The number of hydrogen-bond donors (Lipinski definition) is 7. The molecular formula is C36H68O12. The fraction of sp³-hybridized carbons (Fsp3) is 0.972. The Morgan fingerprint density at radius 3 is 1.44 bits per heavy atom. The van der Waals surface area contributed by atoms with Crippen molar-refractivity contribution in [2.24, 2.45) is 0 Å². The number of aliphatic hydroxyl groups excluding tert-OH is 7. The lowest BCUT2D eigenvalue weighted by molar-refractivity contribution is -0.383. The van der Waals surface area contributed by atoms with Crippen molar-refractivity contribution in [3.8, 4) is 0 Å². The highest BCUT2D eigenvalue weighted by Crippen LogP contribution is 2.36. The molecule has 7 N–H and O–H groups in total. The van der Waals surface area contributed by atoms with Crippen LogP contribution in [-0.2, 0) is 23.7 Å². The van der Waals surface area contributed by atoms with Gasteiger partial charge in [-0.05, 0) is 6.42 Å². The first-order valence-corrected chi connectivity index (χ1v) is 19.0. The topological polar surface area (TPSA) is 196 Å². The van der Waals surface area contributed by atoms with Gasteiger partial charge in [-0.1, -0.05) is 135 Å². The minimum Gasteiger partial charge on any atom is -0.460 e. The molecule has 12 heteroatoms. The third-order valence-corrected chi connectivity index (χ3v) is 9.77. The first-order valence-electron chi connectivity index (χ1n) is 19.0. The lowest BCUT2D eigenvalue weighted by Crippen LogP contribution is -2.62. The fourth-order valence-electron chi connectivity index (χ4n) is 6.57. The number of aliphatic hydroxyl groups is 7. The molecule has 9 atom stereocenters. The van der Waals surface area contributed by atoms with E-state index in [0.717, 1.165) is 19.3 Å². The van der Waals surface area contributed by atoms with E-state index in [4.69, 9.17) is 18.9 Å².